The van der Waals surface area contributed by atoms with E-state index < -0.39 is 11.8 Å². The van der Waals surface area contributed by atoms with Crippen LogP contribution in [0, 0.1) is 0 Å². The van der Waals surface area contributed by atoms with Crippen LogP contribution >= 0.6 is 34.5 Å². The molecule has 0 atom stereocenters. The SMILES string of the molecule is CCO/C=C(/C(=O)OC)C(=O)c1cc(Cl)sc1Cl. The van der Waals surface area contributed by atoms with Crippen molar-refractivity contribution < 1.29 is 19.1 Å². The van der Waals surface area contributed by atoms with Crippen molar-refractivity contribution in [1.29, 1.82) is 0 Å². The topological polar surface area (TPSA) is 52.6 Å². The minimum Gasteiger partial charge on any atom is -0.500 e. The lowest BCUT2D eigenvalue weighted by Gasteiger charge is -2.04. The van der Waals surface area contributed by atoms with E-state index in [9.17, 15) is 9.59 Å². The highest BCUT2D eigenvalue weighted by atomic mass is 35.5. The summed E-state index contributed by atoms with van der Waals surface area (Å²) in [7, 11) is 1.18. The van der Waals surface area contributed by atoms with Crippen LogP contribution in [0.2, 0.25) is 8.67 Å². The summed E-state index contributed by atoms with van der Waals surface area (Å²) in [6.45, 7) is 2.05. The van der Waals surface area contributed by atoms with Gasteiger partial charge in [-0.3, -0.25) is 4.79 Å². The van der Waals surface area contributed by atoms with Crippen LogP contribution in [0.25, 0.3) is 0 Å². The van der Waals surface area contributed by atoms with E-state index >= 15 is 0 Å². The minimum absolute atomic E-state index is 0.156. The summed E-state index contributed by atoms with van der Waals surface area (Å²) >= 11 is 12.7. The Hall–Kier alpha value is -1.04. The Morgan fingerprint density at radius 2 is 2.11 bits per heavy atom. The zero-order valence-corrected chi connectivity index (χ0v) is 12.0. The van der Waals surface area contributed by atoms with Crippen LogP contribution in [-0.4, -0.2) is 25.5 Å². The van der Waals surface area contributed by atoms with Gasteiger partial charge in [-0.25, -0.2) is 4.79 Å². The molecule has 18 heavy (non-hydrogen) atoms. The molecule has 1 aromatic rings. The zero-order valence-electron chi connectivity index (χ0n) is 9.66. The summed E-state index contributed by atoms with van der Waals surface area (Å²) < 4.78 is 10.1. The van der Waals surface area contributed by atoms with Gasteiger partial charge >= 0.3 is 5.97 Å². The lowest BCUT2D eigenvalue weighted by atomic mass is 10.1. The third-order valence-corrected chi connectivity index (χ3v) is 3.41. The molecule has 0 saturated heterocycles. The van der Waals surface area contributed by atoms with E-state index in [1.807, 2.05) is 0 Å². The second-order valence-corrected chi connectivity index (χ2v) is 5.33. The fraction of sp³-hybridized carbons (Fsp3) is 0.273. The van der Waals surface area contributed by atoms with Crippen molar-refractivity contribution in [2.45, 2.75) is 6.92 Å². The van der Waals surface area contributed by atoms with Crippen molar-refractivity contribution in [2.75, 3.05) is 13.7 Å². The number of ketones is 1. The van der Waals surface area contributed by atoms with E-state index in [2.05, 4.69) is 4.74 Å². The fourth-order valence-corrected chi connectivity index (χ4v) is 2.57. The minimum atomic E-state index is -0.785. The summed E-state index contributed by atoms with van der Waals surface area (Å²) in [6, 6.07) is 1.40. The number of halogens is 2. The quantitative estimate of drug-likeness (QED) is 0.209. The van der Waals surface area contributed by atoms with Gasteiger partial charge in [-0.15, -0.1) is 11.3 Å². The number of carbonyl (C=O) groups is 2. The third-order valence-electron chi connectivity index (χ3n) is 1.92. The highest BCUT2D eigenvalue weighted by Gasteiger charge is 2.24. The van der Waals surface area contributed by atoms with Gasteiger partial charge in [0.1, 0.15) is 16.2 Å². The average molecular weight is 309 g/mol. The first-order chi connectivity index (χ1) is 8.51. The first-order valence-electron chi connectivity index (χ1n) is 4.90. The number of thiophene rings is 1. The highest BCUT2D eigenvalue weighted by molar-refractivity contribution is 7.20. The van der Waals surface area contributed by atoms with Crippen molar-refractivity contribution in [3.63, 3.8) is 0 Å². The zero-order chi connectivity index (χ0) is 13.7. The maximum atomic E-state index is 12.1. The van der Waals surface area contributed by atoms with Gasteiger partial charge in [0.05, 0.1) is 23.6 Å². The molecule has 0 bridgehead atoms. The number of methoxy groups -OCH3 is 1. The van der Waals surface area contributed by atoms with Crippen LogP contribution in [0.15, 0.2) is 17.9 Å². The number of esters is 1. The normalized spacial score (nSPS) is 11.2. The molecule has 7 heteroatoms. The number of hydrogen-bond acceptors (Lipinski definition) is 5. The molecule has 0 amide bonds. The van der Waals surface area contributed by atoms with Crippen molar-refractivity contribution in [3.8, 4) is 0 Å². The van der Waals surface area contributed by atoms with E-state index in [0.717, 1.165) is 17.6 Å². The summed E-state index contributed by atoms with van der Waals surface area (Å²) in [5.74, 6) is -1.37. The Morgan fingerprint density at radius 3 is 2.56 bits per heavy atom. The smallest absolute Gasteiger partial charge is 0.345 e. The van der Waals surface area contributed by atoms with Crippen LogP contribution in [0.5, 0.6) is 0 Å². The van der Waals surface area contributed by atoms with Gasteiger partial charge in [-0.1, -0.05) is 23.2 Å². The standard InChI is InChI=1S/C11H10Cl2O4S/c1-3-17-5-7(11(15)16-2)9(14)6-4-8(12)18-10(6)13/h4-5H,3H2,1-2H3/b7-5+. The first-order valence-corrected chi connectivity index (χ1v) is 6.48. The van der Waals surface area contributed by atoms with Crippen molar-refractivity contribution >= 4 is 46.3 Å². The van der Waals surface area contributed by atoms with Crippen LogP contribution < -0.4 is 0 Å². The van der Waals surface area contributed by atoms with E-state index in [0.29, 0.717) is 10.9 Å². The van der Waals surface area contributed by atoms with Crippen molar-refractivity contribution in [2.24, 2.45) is 0 Å². The van der Waals surface area contributed by atoms with Crippen LogP contribution in [0.3, 0.4) is 0 Å². The van der Waals surface area contributed by atoms with E-state index in [1.165, 1.54) is 13.2 Å². The largest absolute Gasteiger partial charge is 0.500 e. The Morgan fingerprint density at radius 1 is 1.44 bits per heavy atom. The molecular weight excluding hydrogens is 299 g/mol. The predicted octanol–water partition coefficient (Wildman–Crippen LogP) is 3.33. The van der Waals surface area contributed by atoms with Gasteiger partial charge in [-0.05, 0) is 13.0 Å². The van der Waals surface area contributed by atoms with E-state index in [4.69, 9.17) is 27.9 Å². The van der Waals surface area contributed by atoms with Gasteiger partial charge in [0.15, 0.2) is 0 Å². The molecule has 0 aliphatic rings. The van der Waals surface area contributed by atoms with Gasteiger partial charge in [0.2, 0.25) is 5.78 Å². The van der Waals surface area contributed by atoms with E-state index in [-0.39, 0.29) is 15.5 Å². The van der Waals surface area contributed by atoms with Crippen molar-refractivity contribution in [3.05, 3.63) is 32.1 Å². The van der Waals surface area contributed by atoms with Crippen LogP contribution in [0.1, 0.15) is 17.3 Å². The lowest BCUT2D eigenvalue weighted by Crippen LogP contribution is -2.15. The predicted molar refractivity (Wildman–Crippen MR) is 70.4 cm³/mol. The number of carbonyl (C=O) groups excluding carboxylic acids is 2. The number of Topliss-reactive ketones (excluding diaryl/α,β-unsaturated/α-hetero) is 1. The average Bonchev–Trinajstić information content (AvgIpc) is 2.68. The maximum absolute atomic E-state index is 12.1. The molecule has 0 fully saturated rings. The Kier molecular flexibility index (Phi) is 5.65. The molecule has 0 aromatic carbocycles. The second-order valence-electron chi connectivity index (χ2n) is 3.05. The number of ether oxygens (including phenoxy) is 2. The molecule has 1 rings (SSSR count). The molecule has 98 valence electrons. The molecule has 1 heterocycles. The molecule has 0 aliphatic carbocycles. The third kappa shape index (κ3) is 3.48. The number of rotatable bonds is 5. The molecule has 1 aromatic heterocycles. The second kappa shape index (κ2) is 6.78. The molecule has 0 radical (unpaired) electrons. The Bertz CT molecular complexity index is 493. The summed E-state index contributed by atoms with van der Waals surface area (Å²) in [5.41, 5.74) is -0.0706. The van der Waals surface area contributed by atoms with Gasteiger partial charge in [0.25, 0.3) is 0 Å². The van der Waals surface area contributed by atoms with Gasteiger partial charge in [-0.2, -0.15) is 0 Å². The van der Waals surface area contributed by atoms with Crippen LogP contribution in [-0.2, 0) is 14.3 Å². The fourth-order valence-electron chi connectivity index (χ4n) is 1.11. The van der Waals surface area contributed by atoms with Gasteiger partial charge in [0, 0.05) is 0 Å². The summed E-state index contributed by atoms with van der Waals surface area (Å²) in [6.07, 6.45) is 1.07. The maximum Gasteiger partial charge on any atom is 0.345 e. The van der Waals surface area contributed by atoms with E-state index in [1.54, 1.807) is 6.92 Å². The summed E-state index contributed by atoms with van der Waals surface area (Å²) in [5, 5.41) is 0. The lowest BCUT2D eigenvalue weighted by molar-refractivity contribution is -0.135. The molecule has 0 saturated carbocycles. The monoisotopic (exact) mass is 308 g/mol. The molecule has 0 unspecified atom stereocenters. The molecule has 4 nitrogen and oxygen atoms in total. The molecular formula is C11H10Cl2O4S. The molecule has 0 N–H and O–H groups in total. The first kappa shape index (κ1) is 15.0. The Labute approximate surface area is 118 Å². The molecule has 0 spiro atoms. The Balaban J connectivity index is 3.10. The molecule has 0 aliphatic heterocycles. The van der Waals surface area contributed by atoms with Crippen LogP contribution in [0.4, 0.5) is 0 Å². The van der Waals surface area contributed by atoms with Crippen molar-refractivity contribution in [1.82, 2.24) is 0 Å². The van der Waals surface area contributed by atoms with Gasteiger partial charge < -0.3 is 9.47 Å². The highest BCUT2D eigenvalue weighted by Crippen LogP contribution is 2.32. The number of hydrogen-bond donors (Lipinski definition) is 0. The summed E-state index contributed by atoms with van der Waals surface area (Å²) in [4.78, 5) is 23.6.